The van der Waals surface area contributed by atoms with Crippen LogP contribution in [0.3, 0.4) is 0 Å². The Labute approximate surface area is 158 Å². The number of pyridine rings is 1. The summed E-state index contributed by atoms with van der Waals surface area (Å²) in [6.07, 6.45) is 5.91. The fourth-order valence-electron chi connectivity index (χ4n) is 3.66. The number of hydrogen-bond acceptors (Lipinski definition) is 3. The van der Waals surface area contributed by atoms with E-state index in [2.05, 4.69) is 33.4 Å². The molecule has 0 bridgehead atoms. The molecule has 1 fully saturated rings. The maximum atomic E-state index is 9.89. The van der Waals surface area contributed by atoms with E-state index in [0.717, 1.165) is 48.9 Å². The standard InChI is InChI=1S/C19H19BrN2O.C2H6/c20-15-9-14-2-1-13-10-16(23)3-4-17(13)18(19(14)22-11-15)12-5-7-21-8-6-12;1-2/h3-4,9-11,21,23H,1-2,5-8H2;1-2H3. The molecule has 2 aromatic rings. The molecule has 1 saturated heterocycles. The van der Waals surface area contributed by atoms with E-state index >= 15 is 0 Å². The zero-order chi connectivity index (χ0) is 17.8. The van der Waals surface area contributed by atoms with Gasteiger partial charge < -0.3 is 10.4 Å². The van der Waals surface area contributed by atoms with Crippen molar-refractivity contribution >= 4 is 21.5 Å². The number of halogens is 1. The number of rotatable bonds is 0. The van der Waals surface area contributed by atoms with E-state index in [1.165, 1.54) is 27.8 Å². The lowest BCUT2D eigenvalue weighted by Crippen LogP contribution is -2.24. The van der Waals surface area contributed by atoms with Crippen LogP contribution in [0.2, 0.25) is 0 Å². The van der Waals surface area contributed by atoms with Crippen LogP contribution in [0.4, 0.5) is 0 Å². The summed E-state index contributed by atoms with van der Waals surface area (Å²) >= 11 is 3.55. The summed E-state index contributed by atoms with van der Waals surface area (Å²) in [6.45, 7) is 6.05. The molecule has 2 heterocycles. The number of aryl methyl sites for hydroxylation is 2. The largest absolute Gasteiger partial charge is 0.508 e. The minimum absolute atomic E-state index is 0.346. The van der Waals surface area contributed by atoms with Gasteiger partial charge in [-0.15, -0.1) is 0 Å². The Bertz CT molecular complexity index is 735. The molecule has 0 saturated carbocycles. The molecule has 0 atom stereocenters. The fourth-order valence-corrected chi connectivity index (χ4v) is 4.04. The molecule has 25 heavy (non-hydrogen) atoms. The first-order valence-electron chi connectivity index (χ1n) is 9.12. The van der Waals surface area contributed by atoms with Crippen LogP contribution in [0.5, 0.6) is 5.75 Å². The Morgan fingerprint density at radius 2 is 1.72 bits per heavy atom. The lowest BCUT2D eigenvalue weighted by Gasteiger charge is -2.22. The molecule has 132 valence electrons. The van der Waals surface area contributed by atoms with E-state index in [9.17, 15) is 5.11 Å². The van der Waals surface area contributed by atoms with Gasteiger partial charge in [-0.3, -0.25) is 4.98 Å². The maximum absolute atomic E-state index is 9.89. The third-order valence-corrected chi connectivity index (χ3v) is 5.19. The molecule has 2 N–H and O–H groups in total. The average Bonchev–Trinajstić information content (AvgIpc) is 2.80. The molecule has 3 nitrogen and oxygen atoms in total. The number of aromatic hydroxyl groups is 1. The van der Waals surface area contributed by atoms with Gasteiger partial charge in [-0.2, -0.15) is 0 Å². The van der Waals surface area contributed by atoms with Crippen molar-refractivity contribution in [2.24, 2.45) is 0 Å². The minimum atomic E-state index is 0.346. The van der Waals surface area contributed by atoms with Gasteiger partial charge in [0, 0.05) is 16.2 Å². The average molecular weight is 401 g/mol. The van der Waals surface area contributed by atoms with Crippen LogP contribution < -0.4 is 5.32 Å². The van der Waals surface area contributed by atoms with Gasteiger partial charge in [-0.25, -0.2) is 0 Å². The second kappa shape index (κ2) is 8.15. The number of hydrogen-bond donors (Lipinski definition) is 2. The van der Waals surface area contributed by atoms with Gasteiger partial charge in [-0.1, -0.05) is 25.5 Å². The SMILES string of the molecule is CC.Oc1ccc2c(c1)CCc1cc(Br)cnc1C2=C1CCNCC1. The van der Waals surface area contributed by atoms with E-state index in [1.54, 1.807) is 6.07 Å². The molecule has 1 aliphatic carbocycles. The van der Waals surface area contributed by atoms with Gasteiger partial charge >= 0.3 is 0 Å². The van der Waals surface area contributed by atoms with Crippen LogP contribution in [-0.2, 0) is 12.8 Å². The Hall–Kier alpha value is -1.65. The predicted octanol–water partition coefficient (Wildman–Crippen LogP) is 4.86. The van der Waals surface area contributed by atoms with E-state index in [4.69, 9.17) is 4.98 Å². The summed E-state index contributed by atoms with van der Waals surface area (Å²) in [4.78, 5) is 4.77. The van der Waals surface area contributed by atoms with Crippen molar-refractivity contribution in [1.82, 2.24) is 10.3 Å². The summed E-state index contributed by atoms with van der Waals surface area (Å²) in [5, 5.41) is 13.3. The van der Waals surface area contributed by atoms with Crippen molar-refractivity contribution in [3.8, 4) is 5.75 Å². The number of piperidine rings is 1. The van der Waals surface area contributed by atoms with Gasteiger partial charge in [0.2, 0.25) is 0 Å². The van der Waals surface area contributed by atoms with Crippen molar-refractivity contribution in [3.63, 3.8) is 0 Å². The van der Waals surface area contributed by atoms with E-state index in [-0.39, 0.29) is 0 Å². The van der Waals surface area contributed by atoms with Crippen molar-refractivity contribution in [3.05, 3.63) is 62.9 Å². The van der Waals surface area contributed by atoms with Crippen LogP contribution >= 0.6 is 15.9 Å². The molecule has 2 aliphatic rings. The maximum Gasteiger partial charge on any atom is 0.115 e. The molecule has 0 radical (unpaired) electrons. The van der Waals surface area contributed by atoms with Crippen molar-refractivity contribution < 1.29 is 5.11 Å². The van der Waals surface area contributed by atoms with Crippen LogP contribution in [0.1, 0.15) is 49.1 Å². The summed E-state index contributed by atoms with van der Waals surface area (Å²) in [6, 6.07) is 7.96. The Balaban J connectivity index is 0.000000880. The second-order valence-corrected chi connectivity index (χ2v) is 7.15. The molecule has 0 spiro atoms. The molecule has 0 amide bonds. The Kier molecular flexibility index (Phi) is 5.92. The topological polar surface area (TPSA) is 45.2 Å². The molecular formula is C21H25BrN2O. The monoisotopic (exact) mass is 400 g/mol. The van der Waals surface area contributed by atoms with Gasteiger partial charge in [-0.05, 0) is 89.6 Å². The third-order valence-electron chi connectivity index (χ3n) is 4.75. The van der Waals surface area contributed by atoms with E-state index in [1.807, 2.05) is 26.1 Å². The third kappa shape index (κ3) is 3.80. The summed E-state index contributed by atoms with van der Waals surface area (Å²) < 4.78 is 1.03. The lowest BCUT2D eigenvalue weighted by atomic mass is 9.89. The van der Waals surface area contributed by atoms with Crippen LogP contribution in [-0.4, -0.2) is 23.2 Å². The highest BCUT2D eigenvalue weighted by atomic mass is 79.9. The summed E-state index contributed by atoms with van der Waals surface area (Å²) in [7, 11) is 0. The highest BCUT2D eigenvalue weighted by molar-refractivity contribution is 9.10. The van der Waals surface area contributed by atoms with Crippen molar-refractivity contribution in [1.29, 1.82) is 0 Å². The normalized spacial score (nSPS) is 16.3. The highest BCUT2D eigenvalue weighted by Gasteiger charge is 2.23. The molecule has 4 heteroatoms. The minimum Gasteiger partial charge on any atom is -0.508 e. The molecule has 0 unspecified atom stereocenters. The Morgan fingerprint density at radius 3 is 2.48 bits per heavy atom. The second-order valence-electron chi connectivity index (χ2n) is 6.23. The first-order valence-corrected chi connectivity index (χ1v) is 9.91. The van der Waals surface area contributed by atoms with Crippen LogP contribution in [0, 0.1) is 0 Å². The van der Waals surface area contributed by atoms with Gasteiger partial charge in [0.1, 0.15) is 5.75 Å². The number of phenolic OH excluding ortho intramolecular Hbond substituents is 1. The lowest BCUT2D eigenvalue weighted by molar-refractivity contribution is 0.474. The van der Waals surface area contributed by atoms with Crippen LogP contribution in [0.25, 0.3) is 5.57 Å². The van der Waals surface area contributed by atoms with Crippen molar-refractivity contribution in [2.75, 3.05) is 13.1 Å². The molecular weight excluding hydrogens is 376 g/mol. The van der Waals surface area contributed by atoms with Gasteiger partial charge in [0.25, 0.3) is 0 Å². The quantitative estimate of drug-likeness (QED) is 0.663. The first kappa shape index (κ1) is 18.2. The molecule has 4 rings (SSSR count). The Morgan fingerprint density at radius 1 is 1.00 bits per heavy atom. The number of fused-ring (bicyclic) bond motifs is 2. The zero-order valence-electron chi connectivity index (χ0n) is 14.9. The highest BCUT2D eigenvalue weighted by Crippen LogP contribution is 2.38. The number of benzene rings is 1. The van der Waals surface area contributed by atoms with E-state index < -0.39 is 0 Å². The molecule has 1 aromatic heterocycles. The van der Waals surface area contributed by atoms with E-state index in [0.29, 0.717) is 5.75 Å². The number of aromatic nitrogens is 1. The van der Waals surface area contributed by atoms with Gasteiger partial charge in [0.05, 0.1) is 5.69 Å². The zero-order valence-corrected chi connectivity index (χ0v) is 16.5. The van der Waals surface area contributed by atoms with Crippen LogP contribution in [0.15, 0.2) is 40.5 Å². The molecule has 1 aromatic carbocycles. The number of nitrogens with one attached hydrogen (secondary N) is 1. The first-order chi connectivity index (χ1) is 12.2. The van der Waals surface area contributed by atoms with Gasteiger partial charge in [0.15, 0.2) is 0 Å². The predicted molar refractivity (Wildman–Crippen MR) is 107 cm³/mol. The fraction of sp³-hybridized carbons (Fsp3) is 0.381. The smallest absolute Gasteiger partial charge is 0.115 e. The number of phenols is 1. The summed E-state index contributed by atoms with van der Waals surface area (Å²) in [5.41, 5.74) is 7.65. The molecule has 1 aliphatic heterocycles. The number of nitrogens with zero attached hydrogens (tertiary/aromatic N) is 1. The summed E-state index contributed by atoms with van der Waals surface area (Å²) in [5.74, 6) is 0.346. The van der Waals surface area contributed by atoms with Crippen molar-refractivity contribution in [2.45, 2.75) is 39.5 Å².